The van der Waals surface area contributed by atoms with Gasteiger partial charge in [-0.25, -0.2) is 9.59 Å². The Hall–Kier alpha value is -3.55. The van der Waals surface area contributed by atoms with Crippen LogP contribution in [0.1, 0.15) is 31.1 Å². The molecule has 0 saturated carbocycles. The monoisotopic (exact) mass is 357 g/mol. The average Bonchev–Trinajstić information content (AvgIpc) is 3.14. The van der Waals surface area contributed by atoms with Crippen molar-refractivity contribution in [2.75, 3.05) is 26.3 Å². The third-order valence-corrected chi connectivity index (χ3v) is 3.67. The molecule has 3 rings (SSSR count). The van der Waals surface area contributed by atoms with Crippen LogP contribution in [0.15, 0.2) is 36.4 Å². The molecule has 0 spiro atoms. The molecule has 2 aromatic rings. The minimum Gasteiger partial charge on any atom is -0.465 e. The summed E-state index contributed by atoms with van der Waals surface area (Å²) in [5.74, 6) is -0.705. The molecule has 8 nitrogen and oxygen atoms in total. The molecule has 0 fully saturated rings. The highest BCUT2D eigenvalue weighted by molar-refractivity contribution is 6.06. The number of fused-ring (bicyclic) bond motifs is 1. The van der Waals surface area contributed by atoms with Crippen molar-refractivity contribution in [3.63, 3.8) is 0 Å². The van der Waals surface area contributed by atoms with E-state index >= 15 is 0 Å². The summed E-state index contributed by atoms with van der Waals surface area (Å²) >= 11 is 0. The first-order valence-electron chi connectivity index (χ1n) is 7.54. The zero-order valence-corrected chi connectivity index (χ0v) is 14.0. The molecule has 0 aliphatic carbocycles. The molecule has 8 heteroatoms. The van der Waals surface area contributed by atoms with Crippen LogP contribution in [-0.4, -0.2) is 38.9 Å². The van der Waals surface area contributed by atoms with Gasteiger partial charge in [-0.15, -0.1) is 0 Å². The number of anilines is 1. The minimum absolute atomic E-state index is 0.101. The van der Waals surface area contributed by atoms with E-state index in [1.807, 2.05) is 0 Å². The maximum absolute atomic E-state index is 12.5. The first-order valence-corrected chi connectivity index (χ1v) is 7.54. The molecule has 0 atom stereocenters. The maximum Gasteiger partial charge on any atom is 0.337 e. The van der Waals surface area contributed by atoms with Gasteiger partial charge >= 0.3 is 11.9 Å². The Kier molecular flexibility index (Phi) is 4.74. The molecule has 0 saturated heterocycles. The maximum atomic E-state index is 12.5. The van der Waals surface area contributed by atoms with Crippen molar-refractivity contribution in [2.45, 2.75) is 0 Å². The van der Waals surface area contributed by atoms with Crippen molar-refractivity contribution in [3.8, 4) is 11.5 Å². The molecule has 0 unspecified atom stereocenters. The van der Waals surface area contributed by atoms with Crippen molar-refractivity contribution >= 4 is 23.5 Å². The number of carbonyl (C=O) groups is 3. The molecule has 1 aliphatic heterocycles. The number of amides is 1. The Balaban J connectivity index is 1.89. The molecule has 0 aromatic heterocycles. The van der Waals surface area contributed by atoms with Crippen molar-refractivity contribution in [1.82, 2.24) is 0 Å². The lowest BCUT2D eigenvalue weighted by atomic mass is 10.1. The lowest BCUT2D eigenvalue weighted by molar-refractivity contribution is 0.0599. The van der Waals surface area contributed by atoms with Gasteiger partial charge in [0.1, 0.15) is 0 Å². The lowest BCUT2D eigenvalue weighted by Gasteiger charge is -2.10. The second-order valence-corrected chi connectivity index (χ2v) is 5.30. The number of nitrogens with one attached hydrogen (secondary N) is 1. The van der Waals surface area contributed by atoms with E-state index < -0.39 is 17.8 Å². The molecular formula is C18H15NO7. The number of esters is 2. The standard InChI is InChI=1S/C18H15NO7/c1-23-17(21)11-5-12(18(22)24-2)7-13(6-11)19-16(20)10-3-4-14-15(8-10)26-9-25-14/h3-8H,9H2,1-2H3,(H,19,20). The average molecular weight is 357 g/mol. The van der Waals surface area contributed by atoms with Crippen LogP contribution in [0.4, 0.5) is 5.69 Å². The number of methoxy groups -OCH3 is 2. The summed E-state index contributed by atoms with van der Waals surface area (Å²) in [6, 6.07) is 8.89. The number of hydrogen-bond acceptors (Lipinski definition) is 7. The number of ether oxygens (including phenoxy) is 4. The van der Waals surface area contributed by atoms with Crippen molar-refractivity contribution in [1.29, 1.82) is 0 Å². The zero-order valence-electron chi connectivity index (χ0n) is 14.0. The van der Waals surface area contributed by atoms with E-state index in [2.05, 4.69) is 14.8 Å². The van der Waals surface area contributed by atoms with Gasteiger partial charge in [-0.3, -0.25) is 4.79 Å². The van der Waals surface area contributed by atoms with Crippen LogP contribution in [0.3, 0.4) is 0 Å². The van der Waals surface area contributed by atoms with E-state index in [9.17, 15) is 14.4 Å². The smallest absolute Gasteiger partial charge is 0.337 e. The summed E-state index contributed by atoms with van der Waals surface area (Å²) < 4.78 is 19.8. The summed E-state index contributed by atoms with van der Waals surface area (Å²) in [5.41, 5.74) is 0.793. The van der Waals surface area contributed by atoms with E-state index in [1.54, 1.807) is 18.2 Å². The lowest BCUT2D eigenvalue weighted by Crippen LogP contribution is -2.14. The summed E-state index contributed by atoms with van der Waals surface area (Å²) in [6.07, 6.45) is 0. The van der Waals surface area contributed by atoms with Crippen molar-refractivity contribution in [3.05, 3.63) is 53.1 Å². The number of benzene rings is 2. The Morgan fingerprint density at radius 2 is 1.46 bits per heavy atom. The van der Waals surface area contributed by atoms with Crippen LogP contribution in [0.25, 0.3) is 0 Å². The first-order chi connectivity index (χ1) is 12.5. The van der Waals surface area contributed by atoms with E-state index in [-0.39, 0.29) is 23.6 Å². The Bertz CT molecular complexity index is 857. The van der Waals surface area contributed by atoms with Crippen molar-refractivity contribution in [2.24, 2.45) is 0 Å². The molecule has 2 aromatic carbocycles. The molecule has 134 valence electrons. The minimum atomic E-state index is -0.644. The fourth-order valence-electron chi connectivity index (χ4n) is 2.41. The van der Waals surface area contributed by atoms with Crippen LogP contribution in [0, 0.1) is 0 Å². The van der Waals surface area contributed by atoms with Gasteiger partial charge in [-0.2, -0.15) is 0 Å². The number of rotatable bonds is 4. The highest BCUT2D eigenvalue weighted by atomic mass is 16.7. The summed E-state index contributed by atoms with van der Waals surface area (Å²) in [5, 5.41) is 2.64. The first kappa shape index (κ1) is 17.3. The summed E-state index contributed by atoms with van der Waals surface area (Å²) in [6.45, 7) is 0.101. The molecule has 1 N–H and O–H groups in total. The highest BCUT2D eigenvalue weighted by Gasteiger charge is 2.18. The zero-order chi connectivity index (χ0) is 18.7. The van der Waals surface area contributed by atoms with Crippen LogP contribution in [0.5, 0.6) is 11.5 Å². The van der Waals surface area contributed by atoms with Crippen molar-refractivity contribution < 1.29 is 33.3 Å². The molecule has 1 heterocycles. The predicted octanol–water partition coefficient (Wildman–Crippen LogP) is 2.24. The topological polar surface area (TPSA) is 100 Å². The van der Waals surface area contributed by atoms with Gasteiger partial charge < -0.3 is 24.3 Å². The third kappa shape index (κ3) is 3.44. The van der Waals surface area contributed by atoms with E-state index in [0.717, 1.165) is 0 Å². The quantitative estimate of drug-likeness (QED) is 0.838. The predicted molar refractivity (Wildman–Crippen MR) is 89.6 cm³/mol. The number of carbonyl (C=O) groups excluding carboxylic acids is 3. The molecule has 0 bridgehead atoms. The normalized spacial score (nSPS) is 11.6. The Morgan fingerprint density at radius 1 is 0.846 bits per heavy atom. The van der Waals surface area contributed by atoms with Gasteiger partial charge in [-0.05, 0) is 36.4 Å². The fourth-order valence-corrected chi connectivity index (χ4v) is 2.41. The SMILES string of the molecule is COC(=O)c1cc(NC(=O)c2ccc3c(c2)OCO3)cc(C(=O)OC)c1. The van der Waals surface area contributed by atoms with Gasteiger partial charge in [0.05, 0.1) is 25.3 Å². The Morgan fingerprint density at radius 3 is 2.08 bits per heavy atom. The van der Waals surface area contributed by atoms with Gasteiger partial charge in [0.2, 0.25) is 6.79 Å². The van der Waals surface area contributed by atoms with Gasteiger partial charge in [0.15, 0.2) is 11.5 Å². The van der Waals surface area contributed by atoms with Crippen LogP contribution < -0.4 is 14.8 Å². The summed E-state index contributed by atoms with van der Waals surface area (Å²) in [7, 11) is 2.44. The van der Waals surface area contributed by atoms with Crippen LogP contribution >= 0.6 is 0 Å². The largest absolute Gasteiger partial charge is 0.465 e. The van der Waals surface area contributed by atoms with E-state index in [0.29, 0.717) is 17.1 Å². The summed E-state index contributed by atoms with van der Waals surface area (Å²) in [4.78, 5) is 36.1. The highest BCUT2D eigenvalue weighted by Crippen LogP contribution is 2.32. The van der Waals surface area contributed by atoms with Gasteiger partial charge in [0.25, 0.3) is 5.91 Å². The molecular weight excluding hydrogens is 342 g/mol. The fraction of sp³-hybridized carbons (Fsp3) is 0.167. The molecule has 1 aliphatic rings. The van der Waals surface area contributed by atoms with E-state index in [4.69, 9.17) is 9.47 Å². The Labute approximate surface area is 148 Å². The van der Waals surface area contributed by atoms with Gasteiger partial charge in [-0.1, -0.05) is 0 Å². The van der Waals surface area contributed by atoms with Crippen LogP contribution in [-0.2, 0) is 9.47 Å². The second-order valence-electron chi connectivity index (χ2n) is 5.30. The molecule has 0 radical (unpaired) electrons. The van der Waals surface area contributed by atoms with Crippen LogP contribution in [0.2, 0.25) is 0 Å². The molecule has 26 heavy (non-hydrogen) atoms. The number of hydrogen-bond donors (Lipinski definition) is 1. The van der Waals surface area contributed by atoms with E-state index in [1.165, 1.54) is 32.4 Å². The van der Waals surface area contributed by atoms with Gasteiger partial charge in [0, 0.05) is 11.3 Å². The second kappa shape index (κ2) is 7.14. The third-order valence-electron chi connectivity index (χ3n) is 3.67. The molecule has 1 amide bonds.